The van der Waals surface area contributed by atoms with Crippen molar-refractivity contribution in [2.24, 2.45) is 0 Å². The summed E-state index contributed by atoms with van der Waals surface area (Å²) in [5, 5.41) is 0. The normalized spacial score (nSPS) is 0. The molecule has 0 atom stereocenters. The van der Waals surface area contributed by atoms with Crippen molar-refractivity contribution in [3.05, 3.63) is 0 Å². The molecule has 0 aliphatic rings. The van der Waals surface area contributed by atoms with Crippen molar-refractivity contribution in [3.63, 3.8) is 0 Å². The van der Waals surface area contributed by atoms with Crippen molar-refractivity contribution in [1.82, 2.24) is 0 Å². The molecule has 0 heterocycles. The summed E-state index contributed by atoms with van der Waals surface area (Å²) < 4.78 is 0. The van der Waals surface area contributed by atoms with Gasteiger partial charge in [-0.1, -0.05) is 0 Å². The third kappa shape index (κ3) is 64.6. The van der Waals surface area contributed by atoms with Crippen molar-refractivity contribution in [1.29, 1.82) is 0 Å². The number of hydrogen-bond donors (Lipinski definition) is 0. The minimum Gasteiger partial charge on any atom is -2.00 e. The SMILES string of the molecule is [Ba+2].[O-2].[O-2].[O-2].[O-2].[O-2].[Ti+4].[Zr+4]. The third-order valence-electron chi connectivity index (χ3n) is 0. The van der Waals surface area contributed by atoms with Crippen molar-refractivity contribution in [2.45, 2.75) is 0 Å². The standard InChI is InChI=1S/Ba.5O.Ti.Zr/q+2;5*-2;2*+4. The molecule has 0 N–H and O–H groups in total. The maximum atomic E-state index is 0. The van der Waals surface area contributed by atoms with E-state index in [9.17, 15) is 0 Å². The average Bonchev–Trinajstić information content (AvgIpc) is 0. The monoisotopic (exact) mass is 356 g/mol. The van der Waals surface area contributed by atoms with Crippen LogP contribution in [-0.4, -0.2) is 48.9 Å². The Bertz CT molecular complexity index is 12.4. The molecule has 0 unspecified atom stereocenters. The fraction of sp³-hybridized carbons (Fsp3) is 0. The van der Waals surface area contributed by atoms with E-state index in [0.717, 1.165) is 0 Å². The van der Waals surface area contributed by atoms with Gasteiger partial charge in [0.25, 0.3) is 0 Å². The van der Waals surface area contributed by atoms with E-state index >= 15 is 0 Å². The van der Waals surface area contributed by atoms with E-state index in [4.69, 9.17) is 0 Å². The summed E-state index contributed by atoms with van der Waals surface area (Å²) in [7, 11) is 0. The van der Waals surface area contributed by atoms with Crippen LogP contribution in [0.25, 0.3) is 0 Å². The molecule has 0 radical (unpaired) electrons. The second-order valence-electron chi connectivity index (χ2n) is 0. The molecule has 0 bridgehead atoms. The molecule has 0 aliphatic heterocycles. The second kappa shape index (κ2) is 91.0. The first kappa shape index (κ1) is 124. The molecule has 40 valence electrons. The maximum absolute atomic E-state index is 0. The van der Waals surface area contributed by atoms with E-state index < -0.39 is 0 Å². The Morgan fingerprint density at radius 1 is 0.500 bits per heavy atom. The molecule has 0 aromatic carbocycles. The van der Waals surface area contributed by atoms with Gasteiger partial charge in [-0.15, -0.1) is 0 Å². The van der Waals surface area contributed by atoms with E-state index in [0.29, 0.717) is 0 Å². The van der Waals surface area contributed by atoms with Crippen LogP contribution in [0.3, 0.4) is 0 Å². The van der Waals surface area contributed by atoms with Crippen LogP contribution in [0.15, 0.2) is 0 Å². The fourth-order valence-electron chi connectivity index (χ4n) is 0. The van der Waals surface area contributed by atoms with Crippen molar-refractivity contribution < 1.29 is 75.3 Å². The topological polar surface area (TPSA) is 142 Å². The molecule has 0 aromatic rings. The van der Waals surface area contributed by atoms with Gasteiger partial charge < -0.3 is 27.4 Å². The van der Waals surface area contributed by atoms with Crippen molar-refractivity contribution >= 4 is 48.9 Å². The van der Waals surface area contributed by atoms with Gasteiger partial charge in [0.15, 0.2) is 0 Å². The zero-order valence-corrected chi connectivity index (χ0v) is 12.2. The van der Waals surface area contributed by atoms with Gasteiger partial charge in [-0.2, -0.15) is 0 Å². The summed E-state index contributed by atoms with van der Waals surface area (Å²) >= 11 is 0. The first-order valence-corrected chi connectivity index (χ1v) is 0. The minimum absolute atomic E-state index is 0. The molecule has 8 heavy (non-hydrogen) atoms. The molecule has 0 saturated heterocycles. The van der Waals surface area contributed by atoms with Gasteiger partial charge in [-0.25, -0.2) is 0 Å². The van der Waals surface area contributed by atoms with E-state index in [1.54, 1.807) is 0 Å². The van der Waals surface area contributed by atoms with Crippen molar-refractivity contribution in [2.75, 3.05) is 0 Å². The zero-order chi connectivity index (χ0) is 0. The Kier molecular flexibility index (Phi) is 1410. The van der Waals surface area contributed by atoms with E-state index in [2.05, 4.69) is 0 Å². The van der Waals surface area contributed by atoms with Crippen LogP contribution in [-0.2, 0) is 75.3 Å². The predicted octanol–water partition coefficient (Wildman–Crippen LogP) is -0.980. The van der Waals surface area contributed by atoms with Gasteiger partial charge in [0.1, 0.15) is 0 Å². The Morgan fingerprint density at radius 2 is 0.500 bits per heavy atom. The van der Waals surface area contributed by atoms with Gasteiger partial charge >= 0.3 is 96.8 Å². The van der Waals surface area contributed by atoms with Gasteiger partial charge in [-0.3, -0.25) is 0 Å². The Balaban J connectivity index is 0. The zero-order valence-electron chi connectivity index (χ0n) is 3.75. The van der Waals surface area contributed by atoms with Crippen LogP contribution in [0.4, 0.5) is 0 Å². The van der Waals surface area contributed by atoms with E-state index in [1.165, 1.54) is 0 Å². The minimum atomic E-state index is 0. The quantitative estimate of drug-likeness (QED) is 0.492. The largest absolute Gasteiger partial charge is 4.00 e. The van der Waals surface area contributed by atoms with Gasteiger partial charge in [0, 0.05) is 0 Å². The molecule has 0 spiro atoms. The Hall–Kier alpha value is 2.97. The third-order valence-corrected chi connectivity index (χ3v) is 0. The van der Waals surface area contributed by atoms with Crippen LogP contribution in [0.5, 0.6) is 0 Å². The molecule has 5 nitrogen and oxygen atoms in total. The molecule has 8 heteroatoms. The van der Waals surface area contributed by atoms with Gasteiger partial charge in [-0.05, 0) is 0 Å². The molecule has 0 amide bonds. The molecular formula is BaO5TiZr. The molecule has 0 rings (SSSR count). The first-order chi connectivity index (χ1) is 0. The molecule has 0 aromatic heterocycles. The van der Waals surface area contributed by atoms with Crippen molar-refractivity contribution in [3.8, 4) is 0 Å². The van der Waals surface area contributed by atoms with Crippen LogP contribution < -0.4 is 0 Å². The molecule has 0 saturated carbocycles. The summed E-state index contributed by atoms with van der Waals surface area (Å²) in [6.45, 7) is 0. The van der Waals surface area contributed by atoms with E-state index in [1.807, 2.05) is 0 Å². The Labute approximate surface area is 122 Å². The number of rotatable bonds is 0. The predicted molar refractivity (Wildman–Crippen MR) is 9.19 cm³/mol. The van der Waals surface area contributed by atoms with Crippen LogP contribution in [0.1, 0.15) is 0 Å². The summed E-state index contributed by atoms with van der Waals surface area (Å²) in [4.78, 5) is 0. The fourth-order valence-corrected chi connectivity index (χ4v) is 0. The second-order valence-corrected chi connectivity index (χ2v) is 0. The Morgan fingerprint density at radius 3 is 0.500 bits per heavy atom. The summed E-state index contributed by atoms with van der Waals surface area (Å²) in [6, 6.07) is 0. The smallest absolute Gasteiger partial charge is 2.00 e. The molecule has 0 aliphatic carbocycles. The molecule has 0 fully saturated rings. The first-order valence-electron chi connectivity index (χ1n) is 0. The van der Waals surface area contributed by atoms with Gasteiger partial charge in [0.05, 0.1) is 0 Å². The summed E-state index contributed by atoms with van der Waals surface area (Å²) in [5.41, 5.74) is 0. The number of hydrogen-bond acceptors (Lipinski definition) is 0. The summed E-state index contributed by atoms with van der Waals surface area (Å²) in [5.74, 6) is 0. The molecular weight excluding hydrogens is 356 g/mol. The van der Waals surface area contributed by atoms with Gasteiger partial charge in [0.2, 0.25) is 0 Å². The maximum Gasteiger partial charge on any atom is 4.00 e. The van der Waals surface area contributed by atoms with E-state index in [-0.39, 0.29) is 124 Å². The van der Waals surface area contributed by atoms with Crippen LogP contribution in [0.2, 0.25) is 0 Å². The van der Waals surface area contributed by atoms with Crippen LogP contribution >= 0.6 is 0 Å². The average molecular weight is 356 g/mol. The van der Waals surface area contributed by atoms with Crippen LogP contribution in [0, 0.1) is 0 Å². The summed E-state index contributed by atoms with van der Waals surface area (Å²) in [6.07, 6.45) is 0.